The zero-order valence-electron chi connectivity index (χ0n) is 10.4. The summed E-state index contributed by atoms with van der Waals surface area (Å²) in [6.07, 6.45) is 0.379. The number of para-hydroxylation sites is 2. The molecule has 0 unspecified atom stereocenters. The van der Waals surface area contributed by atoms with Gasteiger partial charge in [0, 0.05) is 6.54 Å². The van der Waals surface area contributed by atoms with E-state index in [9.17, 15) is 8.42 Å². The van der Waals surface area contributed by atoms with Crippen molar-refractivity contribution in [1.29, 1.82) is 0 Å². The summed E-state index contributed by atoms with van der Waals surface area (Å²) in [5.74, 6) is 0.753. The molecule has 1 aromatic rings. The molecule has 0 aromatic heterocycles. The van der Waals surface area contributed by atoms with E-state index < -0.39 is 9.84 Å². The normalized spacial score (nSPS) is 28.2. The van der Waals surface area contributed by atoms with Crippen LogP contribution >= 0.6 is 0 Å². The van der Waals surface area contributed by atoms with Gasteiger partial charge >= 0.3 is 0 Å². The highest BCUT2D eigenvalue weighted by Gasteiger charge is 2.28. The summed E-state index contributed by atoms with van der Waals surface area (Å²) in [6, 6.07) is 7.75. The van der Waals surface area contributed by atoms with Crippen molar-refractivity contribution in [2.24, 2.45) is 5.92 Å². The Bertz CT molecular complexity index is 561. The summed E-state index contributed by atoms with van der Waals surface area (Å²) in [5.41, 5.74) is 4.72. The molecule has 1 fully saturated rings. The van der Waals surface area contributed by atoms with E-state index in [-0.39, 0.29) is 18.0 Å². The van der Waals surface area contributed by atoms with Crippen LogP contribution in [0.2, 0.25) is 0 Å². The van der Waals surface area contributed by atoms with E-state index in [1.54, 1.807) is 0 Å². The van der Waals surface area contributed by atoms with Crippen molar-refractivity contribution in [2.75, 3.05) is 28.8 Å². The largest absolute Gasteiger partial charge is 0.344 e. The van der Waals surface area contributed by atoms with E-state index in [1.807, 2.05) is 24.3 Å². The minimum Gasteiger partial charge on any atom is -0.344 e. The second kappa shape index (κ2) is 4.99. The summed E-state index contributed by atoms with van der Waals surface area (Å²) >= 11 is 0. The molecule has 0 bridgehead atoms. The molecule has 1 saturated heterocycles. The van der Waals surface area contributed by atoms with Gasteiger partial charge in [0.25, 0.3) is 0 Å². The van der Waals surface area contributed by atoms with Gasteiger partial charge in [0.15, 0.2) is 9.84 Å². The molecule has 1 aromatic carbocycles. The molecular formula is C12H17N3O3S. The second-order valence-corrected chi connectivity index (χ2v) is 7.20. The molecule has 3 rings (SSSR count). The van der Waals surface area contributed by atoms with E-state index in [2.05, 4.69) is 16.1 Å². The summed E-state index contributed by atoms with van der Waals surface area (Å²) in [6.45, 7) is 0.626. The molecule has 0 saturated carbocycles. The molecule has 0 radical (unpaired) electrons. The number of hydrogen-bond acceptors (Lipinski definition) is 6. The lowest BCUT2D eigenvalue weighted by Gasteiger charge is -2.28. The number of nitrogens with one attached hydrogen (secondary N) is 3. The molecule has 2 aliphatic rings. The van der Waals surface area contributed by atoms with E-state index in [4.69, 9.17) is 4.84 Å². The molecule has 0 amide bonds. The van der Waals surface area contributed by atoms with Gasteiger partial charge in [-0.15, -0.1) is 0 Å². The number of sulfone groups is 1. The maximum absolute atomic E-state index is 11.4. The first kappa shape index (κ1) is 12.7. The van der Waals surface area contributed by atoms with Gasteiger partial charge in [-0.25, -0.2) is 13.3 Å². The van der Waals surface area contributed by atoms with Crippen molar-refractivity contribution in [3.05, 3.63) is 24.3 Å². The van der Waals surface area contributed by atoms with Crippen molar-refractivity contribution >= 4 is 21.2 Å². The SMILES string of the molecule is O=S1(=O)CC[C@H](CN[C@@H]2Nc3ccccc3NO2)C1. The Kier molecular flexibility index (Phi) is 3.34. The van der Waals surface area contributed by atoms with Crippen molar-refractivity contribution in [2.45, 2.75) is 12.8 Å². The fourth-order valence-corrected chi connectivity index (χ4v) is 4.25. The van der Waals surface area contributed by atoms with Gasteiger partial charge in [0.05, 0.1) is 22.9 Å². The highest BCUT2D eigenvalue weighted by atomic mass is 32.2. The van der Waals surface area contributed by atoms with E-state index >= 15 is 0 Å². The van der Waals surface area contributed by atoms with E-state index in [1.165, 1.54) is 0 Å². The Morgan fingerprint density at radius 3 is 2.84 bits per heavy atom. The molecule has 2 atom stereocenters. The fourth-order valence-electron chi connectivity index (χ4n) is 2.39. The van der Waals surface area contributed by atoms with Crippen LogP contribution in [0.3, 0.4) is 0 Å². The topological polar surface area (TPSA) is 79.5 Å². The van der Waals surface area contributed by atoms with Gasteiger partial charge in [-0.2, -0.15) is 0 Å². The average Bonchev–Trinajstić information content (AvgIpc) is 2.76. The van der Waals surface area contributed by atoms with Crippen LogP contribution in [-0.2, 0) is 14.7 Å². The van der Waals surface area contributed by atoms with Crippen LogP contribution in [0.25, 0.3) is 0 Å². The second-order valence-electron chi connectivity index (χ2n) is 4.97. The van der Waals surface area contributed by atoms with Crippen molar-refractivity contribution < 1.29 is 13.3 Å². The predicted molar refractivity (Wildman–Crippen MR) is 73.3 cm³/mol. The van der Waals surface area contributed by atoms with Gasteiger partial charge in [-0.05, 0) is 24.5 Å². The lowest BCUT2D eigenvalue weighted by Crippen LogP contribution is -2.44. The third kappa shape index (κ3) is 2.99. The number of hydrogen-bond donors (Lipinski definition) is 3. The number of rotatable bonds is 3. The van der Waals surface area contributed by atoms with Crippen LogP contribution < -0.4 is 16.1 Å². The Hall–Kier alpha value is -1.31. The van der Waals surface area contributed by atoms with E-state index in [0.717, 1.165) is 17.8 Å². The van der Waals surface area contributed by atoms with Crippen molar-refractivity contribution in [3.8, 4) is 0 Å². The minimum atomic E-state index is -2.81. The fraction of sp³-hybridized carbons (Fsp3) is 0.500. The van der Waals surface area contributed by atoms with Crippen LogP contribution in [0.4, 0.5) is 11.4 Å². The Morgan fingerprint density at radius 1 is 1.32 bits per heavy atom. The van der Waals surface area contributed by atoms with Crippen LogP contribution in [0.1, 0.15) is 6.42 Å². The quantitative estimate of drug-likeness (QED) is 0.760. The summed E-state index contributed by atoms with van der Waals surface area (Å²) in [5, 5.41) is 6.38. The zero-order valence-corrected chi connectivity index (χ0v) is 11.2. The van der Waals surface area contributed by atoms with Crippen LogP contribution in [-0.4, -0.2) is 32.8 Å². The third-order valence-corrected chi connectivity index (χ3v) is 5.26. The maximum atomic E-state index is 11.4. The molecule has 6 nitrogen and oxygen atoms in total. The van der Waals surface area contributed by atoms with Gasteiger partial charge in [-0.1, -0.05) is 12.1 Å². The minimum absolute atomic E-state index is 0.174. The lowest BCUT2D eigenvalue weighted by atomic mass is 10.1. The van der Waals surface area contributed by atoms with E-state index in [0.29, 0.717) is 12.3 Å². The van der Waals surface area contributed by atoms with Crippen LogP contribution in [0.5, 0.6) is 0 Å². The zero-order chi connectivity index (χ0) is 13.3. The lowest BCUT2D eigenvalue weighted by molar-refractivity contribution is 0.0850. The van der Waals surface area contributed by atoms with Crippen molar-refractivity contribution in [1.82, 2.24) is 5.32 Å². The van der Waals surface area contributed by atoms with Gasteiger partial charge in [0.1, 0.15) is 0 Å². The molecule has 3 N–H and O–H groups in total. The number of benzene rings is 1. The van der Waals surface area contributed by atoms with Crippen LogP contribution in [0, 0.1) is 5.92 Å². The first-order chi connectivity index (χ1) is 9.12. The summed E-state index contributed by atoms with van der Waals surface area (Å²) in [7, 11) is -2.81. The van der Waals surface area contributed by atoms with Gasteiger partial charge in [0.2, 0.25) is 6.35 Å². The molecule has 104 valence electrons. The smallest absolute Gasteiger partial charge is 0.209 e. The van der Waals surface area contributed by atoms with Crippen molar-refractivity contribution in [3.63, 3.8) is 0 Å². The predicted octanol–water partition coefficient (Wildman–Crippen LogP) is 0.763. The highest BCUT2D eigenvalue weighted by Crippen LogP contribution is 2.25. The summed E-state index contributed by atoms with van der Waals surface area (Å²) in [4.78, 5) is 5.39. The molecule has 2 heterocycles. The molecule has 7 heteroatoms. The number of fused-ring (bicyclic) bond motifs is 1. The Balaban J connectivity index is 1.53. The number of anilines is 2. The standard InChI is InChI=1S/C12H17N3O3S/c16-19(17)6-5-9(8-19)7-13-12-14-10-3-1-2-4-11(10)15-18-12/h1-4,9,12-15H,5-8H2/t9-,12-/m1/s1. The monoisotopic (exact) mass is 283 g/mol. The Morgan fingerprint density at radius 2 is 2.11 bits per heavy atom. The highest BCUT2D eigenvalue weighted by molar-refractivity contribution is 7.91. The molecule has 19 heavy (non-hydrogen) atoms. The molecular weight excluding hydrogens is 266 g/mol. The maximum Gasteiger partial charge on any atom is 0.209 e. The first-order valence-corrected chi connectivity index (χ1v) is 8.15. The van der Waals surface area contributed by atoms with Gasteiger partial charge in [-0.3, -0.25) is 10.8 Å². The first-order valence-electron chi connectivity index (χ1n) is 6.33. The Labute approximate surface area is 112 Å². The molecule has 0 spiro atoms. The average molecular weight is 283 g/mol. The van der Waals surface area contributed by atoms with Gasteiger partial charge < -0.3 is 5.32 Å². The molecule has 2 aliphatic heterocycles. The summed E-state index contributed by atoms with van der Waals surface area (Å²) < 4.78 is 22.7. The third-order valence-electron chi connectivity index (χ3n) is 3.42. The molecule has 0 aliphatic carbocycles. The van der Waals surface area contributed by atoms with Crippen LogP contribution in [0.15, 0.2) is 24.3 Å².